The number of halogens is 3. The summed E-state index contributed by atoms with van der Waals surface area (Å²) in [7, 11) is -17.4. The standard InChI is InChI=1S/C13H36AsF3O7SSi4/c1-26(2,3)21-14(22-27(4,5)6,23-28(7,8)9,24-29(10,11)12)20-25(18,19)13(15,16)17/h1-12H3. The van der Waals surface area contributed by atoms with Crippen LogP contribution in [-0.4, -0.2) is 61.4 Å². The second kappa shape index (κ2) is 8.39. The Kier molecular flexibility index (Phi) is 8.67. The molecule has 0 radical (unpaired) electrons. The van der Waals surface area contributed by atoms with Gasteiger partial charge in [0, 0.05) is 0 Å². The van der Waals surface area contributed by atoms with Gasteiger partial charge in [0.2, 0.25) is 0 Å². The van der Waals surface area contributed by atoms with E-state index in [1.165, 1.54) is 0 Å². The van der Waals surface area contributed by atoms with E-state index < -0.39 is 63.1 Å². The van der Waals surface area contributed by atoms with Crippen LogP contribution in [0.1, 0.15) is 0 Å². The van der Waals surface area contributed by atoms with Gasteiger partial charge in [-0.25, -0.2) is 0 Å². The van der Waals surface area contributed by atoms with Crippen molar-refractivity contribution in [3.63, 3.8) is 0 Å². The molecular weight excluding hydrogens is 544 g/mol. The molecule has 0 spiro atoms. The number of hydrogen-bond acceptors (Lipinski definition) is 7. The van der Waals surface area contributed by atoms with Crippen LogP contribution in [0.4, 0.5) is 13.2 Å². The Hall–Kier alpha value is 0.966. The summed E-state index contributed by atoms with van der Waals surface area (Å²) in [5.41, 5.74) is -5.69. The van der Waals surface area contributed by atoms with Gasteiger partial charge in [0.15, 0.2) is 0 Å². The first-order valence-corrected chi connectivity index (χ1v) is 27.9. The van der Waals surface area contributed by atoms with Gasteiger partial charge in [-0.1, -0.05) is 0 Å². The van der Waals surface area contributed by atoms with Gasteiger partial charge >= 0.3 is 180 Å². The summed E-state index contributed by atoms with van der Waals surface area (Å²) in [6.07, 6.45) is 0. The van der Waals surface area contributed by atoms with Crippen molar-refractivity contribution in [2.24, 2.45) is 0 Å². The SMILES string of the molecule is C[Si](C)(C)O[As](O[Si](C)(C)C)(O[Si](C)(C)C)(O[Si](C)(C)C)OS(=O)(=O)C(F)(F)F. The molecule has 0 unspecified atom stereocenters. The van der Waals surface area contributed by atoms with Gasteiger partial charge in [0.05, 0.1) is 0 Å². The van der Waals surface area contributed by atoms with Gasteiger partial charge in [-0.05, 0) is 0 Å². The van der Waals surface area contributed by atoms with Crippen LogP contribution in [-0.2, 0) is 27.0 Å². The Morgan fingerprint density at radius 3 is 0.931 bits per heavy atom. The molecule has 178 valence electrons. The van der Waals surface area contributed by atoms with E-state index in [4.69, 9.17) is 16.8 Å². The minimum atomic E-state index is -6.46. The Morgan fingerprint density at radius 1 is 0.586 bits per heavy atom. The molecule has 0 aromatic carbocycles. The van der Waals surface area contributed by atoms with Crippen LogP contribution in [0.2, 0.25) is 78.6 Å². The zero-order chi connectivity index (χ0) is 24.0. The molecule has 0 atom stereocenters. The van der Waals surface area contributed by atoms with Crippen molar-refractivity contribution in [1.82, 2.24) is 0 Å². The Morgan fingerprint density at radius 2 is 0.793 bits per heavy atom. The molecule has 0 aliphatic heterocycles. The topological polar surface area (TPSA) is 80.3 Å². The van der Waals surface area contributed by atoms with E-state index in [0.717, 1.165) is 0 Å². The zero-order valence-electron chi connectivity index (χ0n) is 19.3. The van der Waals surface area contributed by atoms with Gasteiger partial charge in [0.1, 0.15) is 0 Å². The monoisotopic (exact) mass is 580 g/mol. The first kappa shape index (κ1) is 30.0. The van der Waals surface area contributed by atoms with Crippen LogP contribution < -0.4 is 0 Å². The predicted molar refractivity (Wildman–Crippen MR) is 120 cm³/mol. The first-order chi connectivity index (χ1) is 12.1. The Bertz CT molecular complexity index is 616. The maximum atomic E-state index is 13.4. The third kappa shape index (κ3) is 10.4. The van der Waals surface area contributed by atoms with Crippen LogP contribution in [0.5, 0.6) is 0 Å². The molecule has 16 heteroatoms. The van der Waals surface area contributed by atoms with E-state index in [9.17, 15) is 21.6 Å². The summed E-state index contributed by atoms with van der Waals surface area (Å²) in [4.78, 5) is 0. The van der Waals surface area contributed by atoms with E-state index in [-0.39, 0.29) is 0 Å². The molecule has 0 amide bonds. The zero-order valence-corrected chi connectivity index (χ0v) is 26.0. The van der Waals surface area contributed by atoms with E-state index in [0.29, 0.717) is 0 Å². The Labute approximate surface area is 179 Å². The summed E-state index contributed by atoms with van der Waals surface area (Å²) in [6, 6.07) is 0. The average molecular weight is 581 g/mol. The maximum absolute atomic E-state index is 13.4. The fourth-order valence-electron chi connectivity index (χ4n) is 2.16. The summed E-state index contributed by atoms with van der Waals surface area (Å²) in [5.74, 6) is 0. The molecule has 0 aliphatic carbocycles. The predicted octanol–water partition coefficient (Wildman–Crippen LogP) is 5.14. The van der Waals surface area contributed by atoms with Gasteiger partial charge in [-0.3, -0.25) is 0 Å². The molecule has 0 saturated heterocycles. The fourth-order valence-corrected chi connectivity index (χ4v) is 39.1. The average Bonchev–Trinajstić information content (AvgIpc) is 2.11. The second-order valence-electron chi connectivity index (χ2n) is 10.5. The molecule has 0 saturated carbocycles. The molecule has 0 aromatic heterocycles. The second-order valence-corrected chi connectivity index (χ2v) is 38.3. The van der Waals surface area contributed by atoms with Crippen LogP contribution in [0.25, 0.3) is 0 Å². The van der Waals surface area contributed by atoms with Crippen molar-refractivity contribution in [3.8, 4) is 0 Å². The summed E-state index contributed by atoms with van der Waals surface area (Å²) < 4.78 is 94.2. The van der Waals surface area contributed by atoms with Crippen molar-refractivity contribution >= 4 is 57.5 Å². The minimum absolute atomic E-state index is 1.69. The fraction of sp³-hybridized carbons (Fsp3) is 1.00. The van der Waals surface area contributed by atoms with E-state index in [2.05, 4.69) is 0 Å². The van der Waals surface area contributed by atoms with Gasteiger partial charge in [0.25, 0.3) is 0 Å². The van der Waals surface area contributed by atoms with Gasteiger partial charge in [-0.15, -0.1) is 0 Å². The van der Waals surface area contributed by atoms with E-state index in [1.54, 1.807) is 78.6 Å². The van der Waals surface area contributed by atoms with Gasteiger partial charge in [-0.2, -0.15) is 0 Å². The molecule has 29 heavy (non-hydrogen) atoms. The summed E-state index contributed by atoms with van der Waals surface area (Å²) in [6.45, 7) is 20.2. The van der Waals surface area contributed by atoms with E-state index in [1.807, 2.05) is 0 Å². The quantitative estimate of drug-likeness (QED) is 0.261. The van der Waals surface area contributed by atoms with Crippen LogP contribution in [0, 0.1) is 0 Å². The summed E-state index contributed by atoms with van der Waals surface area (Å²) >= 11 is -6.46. The third-order valence-electron chi connectivity index (χ3n) is 2.20. The number of hydrogen-bond donors (Lipinski definition) is 0. The van der Waals surface area contributed by atoms with Crippen molar-refractivity contribution in [1.29, 1.82) is 0 Å². The molecule has 0 N–H and O–H groups in total. The summed E-state index contributed by atoms with van der Waals surface area (Å²) in [5, 5.41) is 0. The Balaban J connectivity index is 7.33. The first-order valence-electron chi connectivity index (χ1n) is 9.00. The molecule has 0 aromatic rings. The number of alkyl halides is 3. The molecule has 0 fully saturated rings. The van der Waals surface area contributed by atoms with Crippen molar-refractivity contribution in [3.05, 3.63) is 0 Å². The molecule has 0 rings (SSSR count). The molecule has 0 heterocycles. The van der Waals surface area contributed by atoms with Crippen LogP contribution >= 0.6 is 0 Å². The van der Waals surface area contributed by atoms with E-state index >= 15 is 0 Å². The molecular formula is C13H36AsF3O7SSi4. The van der Waals surface area contributed by atoms with Gasteiger partial charge < -0.3 is 0 Å². The molecule has 7 nitrogen and oxygen atoms in total. The van der Waals surface area contributed by atoms with Crippen LogP contribution in [0.15, 0.2) is 0 Å². The molecule has 0 aliphatic rings. The van der Waals surface area contributed by atoms with Crippen molar-refractivity contribution < 1.29 is 38.4 Å². The van der Waals surface area contributed by atoms with Crippen molar-refractivity contribution in [2.75, 3.05) is 0 Å². The third-order valence-corrected chi connectivity index (χ3v) is 30.6. The van der Waals surface area contributed by atoms with Crippen LogP contribution in [0.3, 0.4) is 0 Å². The number of rotatable bonds is 10. The van der Waals surface area contributed by atoms with Crippen molar-refractivity contribution in [2.45, 2.75) is 84.1 Å². The normalized spacial score (nSPS) is 17.1. The molecule has 0 bridgehead atoms.